The highest BCUT2D eigenvalue weighted by atomic mass is 32.2. The summed E-state index contributed by atoms with van der Waals surface area (Å²) in [6.07, 6.45) is 4.35. The molecule has 2 aromatic rings. The second kappa shape index (κ2) is 7.04. The topological polar surface area (TPSA) is 84.2 Å². The molecule has 0 fully saturated rings. The van der Waals surface area contributed by atoms with Crippen LogP contribution in [-0.2, 0) is 29.4 Å². The molecule has 0 radical (unpaired) electrons. The molecule has 24 heavy (non-hydrogen) atoms. The van der Waals surface area contributed by atoms with Crippen molar-refractivity contribution in [1.29, 1.82) is 0 Å². The van der Waals surface area contributed by atoms with Gasteiger partial charge in [0.1, 0.15) is 11.5 Å². The van der Waals surface area contributed by atoms with Crippen LogP contribution >= 0.6 is 0 Å². The second-order valence-corrected chi connectivity index (χ2v) is 8.01. The minimum Gasteiger partial charge on any atom is -0.361 e. The third kappa shape index (κ3) is 3.53. The van der Waals surface area contributed by atoms with E-state index < -0.39 is 10.0 Å². The molecule has 7 heteroatoms. The predicted octanol–water partition coefficient (Wildman–Crippen LogP) is 2.31. The summed E-state index contributed by atoms with van der Waals surface area (Å²) in [5.74, 6) is 1.02. The van der Waals surface area contributed by atoms with Crippen molar-refractivity contribution in [3.63, 3.8) is 0 Å². The molecule has 0 amide bonds. The molecular formula is C17H23N3O3S. The molecule has 3 rings (SSSR count). The van der Waals surface area contributed by atoms with E-state index in [0.29, 0.717) is 6.54 Å². The number of fused-ring (bicyclic) bond motifs is 1. The van der Waals surface area contributed by atoms with Crippen LogP contribution in [0.3, 0.4) is 0 Å². The molecule has 6 nitrogen and oxygen atoms in total. The Morgan fingerprint density at radius 1 is 1.29 bits per heavy atom. The first-order chi connectivity index (χ1) is 11.5. The van der Waals surface area contributed by atoms with Crippen LogP contribution in [0.4, 0.5) is 0 Å². The number of aromatic nitrogens is 1. The van der Waals surface area contributed by atoms with Crippen LogP contribution in [0.15, 0.2) is 33.7 Å². The number of nitrogens with one attached hydrogen (secondary N) is 2. The molecule has 0 aliphatic heterocycles. The molecular weight excluding hydrogens is 326 g/mol. The fourth-order valence-electron chi connectivity index (χ4n) is 3.02. The van der Waals surface area contributed by atoms with Gasteiger partial charge in [0.2, 0.25) is 10.0 Å². The Kier molecular flexibility index (Phi) is 5.03. The lowest BCUT2D eigenvalue weighted by Crippen LogP contribution is -2.21. The van der Waals surface area contributed by atoms with Crippen LogP contribution in [0, 0.1) is 0 Å². The van der Waals surface area contributed by atoms with Gasteiger partial charge < -0.3 is 9.84 Å². The summed E-state index contributed by atoms with van der Waals surface area (Å²) < 4.78 is 31.6. The zero-order valence-corrected chi connectivity index (χ0v) is 14.8. The smallest absolute Gasteiger partial charge is 0.240 e. The molecule has 1 unspecified atom stereocenters. The normalized spacial score (nSPS) is 15.9. The molecule has 1 aromatic carbocycles. The van der Waals surface area contributed by atoms with Crippen molar-refractivity contribution in [2.75, 3.05) is 7.05 Å². The predicted molar refractivity (Wildman–Crippen MR) is 91.1 cm³/mol. The van der Waals surface area contributed by atoms with Gasteiger partial charge in [-0.3, -0.25) is 0 Å². The SMILES string of the molecule is CNS(=O)(=O)c1cccc(C(C)NCc2noc3c2CCCC3)c1. The Hall–Kier alpha value is -1.70. The maximum absolute atomic E-state index is 11.9. The first-order valence-corrected chi connectivity index (χ1v) is 9.73. The van der Waals surface area contributed by atoms with Gasteiger partial charge in [0.05, 0.1) is 4.90 Å². The van der Waals surface area contributed by atoms with E-state index >= 15 is 0 Å². The molecule has 1 heterocycles. The maximum Gasteiger partial charge on any atom is 0.240 e. The minimum atomic E-state index is -3.43. The highest BCUT2D eigenvalue weighted by Crippen LogP contribution is 2.25. The Labute approximate surface area is 142 Å². The summed E-state index contributed by atoms with van der Waals surface area (Å²) in [7, 11) is -2.02. The van der Waals surface area contributed by atoms with Crippen LogP contribution in [-0.4, -0.2) is 20.6 Å². The maximum atomic E-state index is 11.9. The van der Waals surface area contributed by atoms with Crippen molar-refractivity contribution in [3.8, 4) is 0 Å². The fourth-order valence-corrected chi connectivity index (χ4v) is 3.81. The third-order valence-electron chi connectivity index (χ3n) is 4.54. The third-order valence-corrected chi connectivity index (χ3v) is 5.96. The van der Waals surface area contributed by atoms with Gasteiger partial charge in [0.15, 0.2) is 0 Å². The lowest BCUT2D eigenvalue weighted by molar-refractivity contribution is 0.365. The van der Waals surface area contributed by atoms with Crippen LogP contribution in [0.1, 0.15) is 48.4 Å². The van der Waals surface area contributed by atoms with E-state index in [2.05, 4.69) is 15.2 Å². The molecule has 130 valence electrons. The largest absolute Gasteiger partial charge is 0.361 e. The Bertz CT molecular complexity index is 814. The number of hydrogen-bond acceptors (Lipinski definition) is 5. The lowest BCUT2D eigenvalue weighted by Gasteiger charge is -2.15. The van der Waals surface area contributed by atoms with Crippen LogP contribution < -0.4 is 10.0 Å². The summed E-state index contributed by atoms with van der Waals surface area (Å²) in [5.41, 5.74) is 3.13. The number of rotatable bonds is 6. The summed E-state index contributed by atoms with van der Waals surface area (Å²) >= 11 is 0. The van der Waals surface area contributed by atoms with Crippen molar-refractivity contribution in [1.82, 2.24) is 15.2 Å². The minimum absolute atomic E-state index is 0.00736. The highest BCUT2D eigenvalue weighted by molar-refractivity contribution is 7.89. The number of benzene rings is 1. The zero-order chi connectivity index (χ0) is 17.2. The molecule has 1 atom stereocenters. The standard InChI is InChI=1S/C17H23N3O3S/c1-12(13-6-5-7-14(10-13)24(21,22)18-2)19-11-16-15-8-3-4-9-17(15)23-20-16/h5-7,10,12,18-19H,3-4,8-9,11H2,1-2H3. The van der Waals surface area contributed by atoms with Crippen LogP contribution in [0.2, 0.25) is 0 Å². The number of hydrogen-bond donors (Lipinski definition) is 2. The highest BCUT2D eigenvalue weighted by Gasteiger charge is 2.20. The molecule has 2 N–H and O–H groups in total. The van der Waals surface area contributed by atoms with Gasteiger partial charge in [-0.25, -0.2) is 13.1 Å². The van der Waals surface area contributed by atoms with E-state index in [1.54, 1.807) is 18.2 Å². The van der Waals surface area contributed by atoms with E-state index in [1.165, 1.54) is 19.0 Å². The molecule has 0 spiro atoms. The molecule has 1 aromatic heterocycles. The van der Waals surface area contributed by atoms with Gasteiger partial charge in [-0.2, -0.15) is 0 Å². The average Bonchev–Trinajstić information content (AvgIpc) is 3.03. The van der Waals surface area contributed by atoms with Crippen molar-refractivity contribution in [2.24, 2.45) is 0 Å². The van der Waals surface area contributed by atoms with Gasteiger partial charge in [-0.05, 0) is 50.9 Å². The van der Waals surface area contributed by atoms with Gasteiger partial charge in [-0.15, -0.1) is 0 Å². The second-order valence-electron chi connectivity index (χ2n) is 6.12. The fraction of sp³-hybridized carbons (Fsp3) is 0.471. The molecule has 0 saturated carbocycles. The number of nitrogens with zero attached hydrogens (tertiary/aromatic N) is 1. The Balaban J connectivity index is 1.70. The summed E-state index contributed by atoms with van der Waals surface area (Å²) in [6, 6.07) is 6.98. The monoisotopic (exact) mass is 349 g/mol. The van der Waals surface area contributed by atoms with Crippen molar-refractivity contribution in [2.45, 2.75) is 50.1 Å². The van der Waals surface area contributed by atoms with Crippen LogP contribution in [0.5, 0.6) is 0 Å². The van der Waals surface area contributed by atoms with Crippen molar-refractivity contribution in [3.05, 3.63) is 46.8 Å². The van der Waals surface area contributed by atoms with Crippen molar-refractivity contribution < 1.29 is 12.9 Å². The molecule has 0 saturated heterocycles. The average molecular weight is 349 g/mol. The summed E-state index contributed by atoms with van der Waals surface area (Å²) in [5, 5.41) is 7.60. The summed E-state index contributed by atoms with van der Waals surface area (Å²) in [4.78, 5) is 0.273. The first-order valence-electron chi connectivity index (χ1n) is 8.24. The Morgan fingerprint density at radius 2 is 2.08 bits per heavy atom. The van der Waals surface area contributed by atoms with Crippen LogP contribution in [0.25, 0.3) is 0 Å². The zero-order valence-electron chi connectivity index (χ0n) is 14.0. The van der Waals surface area contributed by atoms with Gasteiger partial charge in [0.25, 0.3) is 0 Å². The van der Waals surface area contributed by atoms with E-state index in [-0.39, 0.29) is 10.9 Å². The van der Waals surface area contributed by atoms with Gasteiger partial charge in [-0.1, -0.05) is 17.3 Å². The summed E-state index contributed by atoms with van der Waals surface area (Å²) in [6.45, 7) is 2.63. The number of sulfonamides is 1. The molecule has 1 aliphatic carbocycles. The van der Waals surface area contributed by atoms with E-state index in [0.717, 1.165) is 36.3 Å². The number of aryl methyl sites for hydroxylation is 1. The lowest BCUT2D eigenvalue weighted by atomic mass is 9.96. The van der Waals surface area contributed by atoms with E-state index in [1.807, 2.05) is 13.0 Å². The van der Waals surface area contributed by atoms with E-state index in [4.69, 9.17) is 4.52 Å². The quantitative estimate of drug-likeness (QED) is 0.836. The first kappa shape index (κ1) is 17.1. The molecule has 0 bridgehead atoms. The molecule has 1 aliphatic rings. The van der Waals surface area contributed by atoms with Gasteiger partial charge in [0, 0.05) is 24.6 Å². The van der Waals surface area contributed by atoms with Gasteiger partial charge >= 0.3 is 0 Å². The Morgan fingerprint density at radius 3 is 2.88 bits per heavy atom. The van der Waals surface area contributed by atoms with E-state index in [9.17, 15) is 8.42 Å². The van der Waals surface area contributed by atoms with Crippen molar-refractivity contribution >= 4 is 10.0 Å².